The minimum absolute atomic E-state index is 0.0296. The third-order valence-corrected chi connectivity index (χ3v) is 4.73. The molecule has 0 aliphatic carbocycles. The number of ether oxygens (including phenoxy) is 1. The average molecular weight is 385 g/mol. The summed E-state index contributed by atoms with van der Waals surface area (Å²) in [5, 5.41) is 20.9. The number of carbonyl (C=O) groups is 2. The van der Waals surface area contributed by atoms with E-state index in [1.807, 2.05) is 0 Å². The first-order chi connectivity index (χ1) is 11.8. The molecule has 25 heavy (non-hydrogen) atoms. The predicted octanol–water partition coefficient (Wildman–Crippen LogP) is 3.91. The maximum atomic E-state index is 13.9. The highest BCUT2D eigenvalue weighted by molar-refractivity contribution is 7.10. The molecular weight excluding hydrogens is 375 g/mol. The summed E-state index contributed by atoms with van der Waals surface area (Å²) >= 11 is 6.91. The summed E-state index contributed by atoms with van der Waals surface area (Å²) in [5.74, 6) is -1.46. The van der Waals surface area contributed by atoms with Crippen LogP contribution in [0.5, 0.6) is 5.88 Å². The van der Waals surface area contributed by atoms with Gasteiger partial charge in [0.2, 0.25) is 5.88 Å². The van der Waals surface area contributed by atoms with Gasteiger partial charge in [-0.05, 0) is 23.6 Å². The minimum Gasteiger partial charge on any atom is -0.494 e. The third-order valence-electron chi connectivity index (χ3n) is 3.53. The molecule has 1 amide bonds. The fraction of sp³-hybridized carbons (Fsp3) is 0.0667. The van der Waals surface area contributed by atoms with Crippen molar-refractivity contribution in [3.8, 4) is 5.88 Å². The number of benzene rings is 1. The molecule has 4 N–H and O–H groups in total. The van der Waals surface area contributed by atoms with Crippen LogP contribution in [0.1, 0.15) is 16.5 Å². The Morgan fingerprint density at radius 2 is 2.12 bits per heavy atom. The molecule has 0 saturated heterocycles. The molecule has 0 spiro atoms. The lowest BCUT2D eigenvalue weighted by Crippen LogP contribution is -2.19. The Hall–Kier alpha value is -2.78. The summed E-state index contributed by atoms with van der Waals surface area (Å²) in [7, 11) is 0. The Balaban J connectivity index is 2.37. The van der Waals surface area contributed by atoms with Gasteiger partial charge < -0.3 is 20.7 Å². The highest BCUT2D eigenvalue weighted by Gasteiger charge is 2.31. The molecular formula is C15H10ClFN2O5S. The van der Waals surface area contributed by atoms with Gasteiger partial charge in [0, 0.05) is 5.39 Å². The van der Waals surface area contributed by atoms with Crippen molar-refractivity contribution in [3.05, 3.63) is 50.9 Å². The number of nitrogens with zero attached hydrogens (tertiary/aromatic N) is 1. The standard InChI is InChI=1S/C15H10ClFN2O5S/c16-7-5-9-6(4-8(7)17)11(13(20)19(9)14(18)21)12(24-15(22)23)10-2-1-3-25-10/h1-5,12,20H,(H2,18,21)(H,22,23). The molecule has 0 aliphatic heterocycles. The van der Waals surface area contributed by atoms with Crippen LogP contribution in [-0.4, -0.2) is 27.0 Å². The van der Waals surface area contributed by atoms with E-state index in [9.17, 15) is 19.1 Å². The van der Waals surface area contributed by atoms with E-state index in [0.717, 1.165) is 12.1 Å². The highest BCUT2D eigenvalue weighted by atomic mass is 35.5. The van der Waals surface area contributed by atoms with Crippen LogP contribution in [0.15, 0.2) is 29.6 Å². The topological polar surface area (TPSA) is 115 Å². The number of thiophene rings is 1. The maximum absolute atomic E-state index is 13.9. The number of fused-ring (bicyclic) bond motifs is 1. The summed E-state index contributed by atoms with van der Waals surface area (Å²) in [4.78, 5) is 23.2. The van der Waals surface area contributed by atoms with E-state index in [1.165, 1.54) is 11.3 Å². The number of carbonyl (C=O) groups excluding carboxylic acids is 1. The number of aromatic nitrogens is 1. The van der Waals surface area contributed by atoms with Gasteiger partial charge in [0.15, 0.2) is 6.10 Å². The molecule has 1 aromatic carbocycles. The first kappa shape index (κ1) is 17.1. The molecule has 2 heterocycles. The number of aromatic hydroxyl groups is 1. The van der Waals surface area contributed by atoms with Crippen LogP contribution in [0.25, 0.3) is 10.9 Å². The van der Waals surface area contributed by atoms with Crippen LogP contribution in [-0.2, 0) is 4.74 Å². The third kappa shape index (κ3) is 2.87. The van der Waals surface area contributed by atoms with E-state index in [2.05, 4.69) is 0 Å². The molecule has 3 rings (SSSR count). The quantitative estimate of drug-likeness (QED) is 0.592. The molecule has 7 nitrogen and oxygen atoms in total. The van der Waals surface area contributed by atoms with Crippen LogP contribution in [0.2, 0.25) is 5.02 Å². The van der Waals surface area contributed by atoms with E-state index in [4.69, 9.17) is 27.2 Å². The Labute approximate surface area is 148 Å². The van der Waals surface area contributed by atoms with Crippen molar-refractivity contribution in [1.29, 1.82) is 0 Å². The average Bonchev–Trinajstić information content (AvgIpc) is 3.12. The van der Waals surface area contributed by atoms with Gasteiger partial charge in [-0.15, -0.1) is 11.3 Å². The number of hydrogen-bond acceptors (Lipinski definition) is 5. The molecule has 0 fully saturated rings. The highest BCUT2D eigenvalue weighted by Crippen LogP contribution is 2.42. The van der Waals surface area contributed by atoms with Crippen molar-refractivity contribution in [2.24, 2.45) is 5.73 Å². The van der Waals surface area contributed by atoms with Crippen LogP contribution >= 0.6 is 22.9 Å². The summed E-state index contributed by atoms with van der Waals surface area (Å²) in [6.07, 6.45) is -2.88. The van der Waals surface area contributed by atoms with Crippen LogP contribution < -0.4 is 5.73 Å². The van der Waals surface area contributed by atoms with Crippen molar-refractivity contribution in [3.63, 3.8) is 0 Å². The summed E-state index contributed by atoms with van der Waals surface area (Å²) in [5.41, 5.74) is 5.20. The lowest BCUT2D eigenvalue weighted by atomic mass is 10.1. The molecule has 1 unspecified atom stereocenters. The minimum atomic E-state index is -1.60. The Bertz CT molecular complexity index is 986. The number of halogens is 2. The second-order valence-electron chi connectivity index (χ2n) is 4.97. The number of primary amides is 1. The van der Waals surface area contributed by atoms with Crippen molar-refractivity contribution < 1.29 is 28.9 Å². The first-order valence-electron chi connectivity index (χ1n) is 6.76. The summed E-state index contributed by atoms with van der Waals surface area (Å²) in [6.45, 7) is 0. The molecule has 0 aliphatic rings. The van der Waals surface area contributed by atoms with E-state index in [1.54, 1.807) is 17.5 Å². The van der Waals surface area contributed by atoms with Gasteiger partial charge in [-0.25, -0.2) is 18.5 Å². The second kappa shape index (κ2) is 6.26. The van der Waals surface area contributed by atoms with E-state index < -0.39 is 30.0 Å². The number of amides is 1. The van der Waals surface area contributed by atoms with Gasteiger partial charge in [-0.2, -0.15) is 0 Å². The molecule has 2 aromatic heterocycles. The molecule has 1 atom stereocenters. The Kier molecular flexibility index (Phi) is 4.27. The Morgan fingerprint density at radius 3 is 2.68 bits per heavy atom. The molecule has 130 valence electrons. The van der Waals surface area contributed by atoms with Gasteiger partial charge in [0.25, 0.3) is 0 Å². The van der Waals surface area contributed by atoms with Crippen molar-refractivity contribution >= 4 is 46.0 Å². The van der Waals surface area contributed by atoms with Gasteiger partial charge >= 0.3 is 12.2 Å². The van der Waals surface area contributed by atoms with Gasteiger partial charge in [-0.1, -0.05) is 17.7 Å². The second-order valence-corrected chi connectivity index (χ2v) is 6.36. The van der Waals surface area contributed by atoms with Crippen LogP contribution in [0.4, 0.5) is 14.0 Å². The van der Waals surface area contributed by atoms with E-state index >= 15 is 0 Å². The van der Waals surface area contributed by atoms with Crippen LogP contribution in [0, 0.1) is 5.82 Å². The summed E-state index contributed by atoms with van der Waals surface area (Å²) in [6, 6.07) is 4.29. The fourth-order valence-corrected chi connectivity index (χ4v) is 3.49. The van der Waals surface area contributed by atoms with Crippen LogP contribution in [0.3, 0.4) is 0 Å². The molecule has 3 aromatic rings. The lowest BCUT2D eigenvalue weighted by molar-refractivity contribution is 0.0672. The lowest BCUT2D eigenvalue weighted by Gasteiger charge is -2.14. The number of nitrogens with two attached hydrogens (primary N) is 1. The zero-order chi connectivity index (χ0) is 18.3. The zero-order valence-electron chi connectivity index (χ0n) is 12.3. The summed E-state index contributed by atoms with van der Waals surface area (Å²) < 4.78 is 19.5. The maximum Gasteiger partial charge on any atom is 0.506 e. The molecule has 10 heteroatoms. The fourth-order valence-electron chi connectivity index (χ4n) is 2.57. The number of rotatable bonds is 3. The normalized spacial score (nSPS) is 12.2. The largest absolute Gasteiger partial charge is 0.506 e. The monoisotopic (exact) mass is 384 g/mol. The van der Waals surface area contributed by atoms with Crippen molar-refractivity contribution in [1.82, 2.24) is 4.57 Å². The zero-order valence-corrected chi connectivity index (χ0v) is 13.8. The predicted molar refractivity (Wildman–Crippen MR) is 88.8 cm³/mol. The van der Waals surface area contributed by atoms with Gasteiger partial charge in [0.05, 0.1) is 21.0 Å². The van der Waals surface area contributed by atoms with Gasteiger partial charge in [-0.3, -0.25) is 0 Å². The number of hydrogen-bond donors (Lipinski definition) is 3. The number of carboxylic acid groups (broad SMARTS) is 1. The van der Waals surface area contributed by atoms with E-state index in [0.29, 0.717) is 9.44 Å². The molecule has 0 saturated carbocycles. The molecule has 0 radical (unpaired) electrons. The first-order valence-corrected chi connectivity index (χ1v) is 8.02. The molecule has 0 bridgehead atoms. The van der Waals surface area contributed by atoms with Crippen molar-refractivity contribution in [2.75, 3.05) is 0 Å². The SMILES string of the molecule is NC(=O)n1c(O)c(C(OC(=O)O)c2cccs2)c2cc(F)c(Cl)cc21. The van der Waals surface area contributed by atoms with E-state index in [-0.39, 0.29) is 21.5 Å². The van der Waals surface area contributed by atoms with Gasteiger partial charge in [0.1, 0.15) is 5.82 Å². The smallest absolute Gasteiger partial charge is 0.494 e. The van der Waals surface area contributed by atoms with Crippen molar-refractivity contribution in [2.45, 2.75) is 6.10 Å². The Morgan fingerprint density at radius 1 is 1.40 bits per heavy atom.